The first kappa shape index (κ1) is 17.2. The average molecular weight is 377 g/mol. The molecule has 0 aliphatic rings. The molecule has 0 fully saturated rings. The molecule has 0 aliphatic heterocycles. The van der Waals surface area contributed by atoms with Crippen LogP contribution in [0.1, 0.15) is 5.69 Å². The average Bonchev–Trinajstić information content (AvgIpc) is 3.16. The van der Waals surface area contributed by atoms with Crippen LogP contribution < -0.4 is 5.32 Å². The van der Waals surface area contributed by atoms with Crippen molar-refractivity contribution in [2.24, 2.45) is 0 Å². The zero-order chi connectivity index (χ0) is 18.6. The number of hydrogen-bond donors (Lipinski definition) is 1. The number of pyridine rings is 2. The Bertz CT molecular complexity index is 1100. The van der Waals surface area contributed by atoms with Crippen molar-refractivity contribution in [3.63, 3.8) is 0 Å². The summed E-state index contributed by atoms with van der Waals surface area (Å²) in [5.74, 6) is 0.406. The maximum atomic E-state index is 12.4. The minimum absolute atomic E-state index is 0.153. The number of aromatic nitrogens is 4. The Morgan fingerprint density at radius 3 is 2.81 bits per heavy atom. The number of thioether (sulfide) groups is 1. The van der Waals surface area contributed by atoms with Gasteiger partial charge in [-0.25, -0.2) is 0 Å². The summed E-state index contributed by atoms with van der Waals surface area (Å²) in [5.41, 5.74) is 3.22. The molecule has 3 aromatic heterocycles. The van der Waals surface area contributed by atoms with Crippen LogP contribution in [-0.4, -0.2) is 31.8 Å². The van der Waals surface area contributed by atoms with E-state index in [1.165, 1.54) is 11.8 Å². The fourth-order valence-electron chi connectivity index (χ4n) is 2.60. The van der Waals surface area contributed by atoms with Gasteiger partial charge in [-0.05, 0) is 31.2 Å². The van der Waals surface area contributed by atoms with E-state index < -0.39 is 0 Å². The number of rotatable bonds is 5. The lowest BCUT2D eigenvalue weighted by Gasteiger charge is -2.09. The lowest BCUT2D eigenvalue weighted by atomic mass is 10.1. The number of para-hydroxylation sites is 1. The molecule has 7 nitrogen and oxygen atoms in total. The van der Waals surface area contributed by atoms with E-state index in [-0.39, 0.29) is 11.7 Å². The number of nitrogens with zero attached hydrogens (tertiary/aromatic N) is 4. The second kappa shape index (κ2) is 7.55. The highest BCUT2D eigenvalue weighted by atomic mass is 32.2. The number of carbonyl (C=O) groups excluding carboxylic acids is 1. The third kappa shape index (κ3) is 3.95. The highest BCUT2D eigenvalue weighted by molar-refractivity contribution is 7.99. The second-order valence-electron chi connectivity index (χ2n) is 5.77. The third-order valence-corrected chi connectivity index (χ3v) is 4.60. The summed E-state index contributed by atoms with van der Waals surface area (Å²) >= 11 is 1.19. The van der Waals surface area contributed by atoms with Crippen molar-refractivity contribution in [2.45, 2.75) is 12.1 Å². The van der Waals surface area contributed by atoms with Crippen LogP contribution in [0, 0.1) is 6.92 Å². The lowest BCUT2D eigenvalue weighted by Crippen LogP contribution is -2.14. The Morgan fingerprint density at radius 1 is 1.15 bits per heavy atom. The normalized spacial score (nSPS) is 10.9. The Morgan fingerprint density at radius 2 is 1.96 bits per heavy atom. The van der Waals surface area contributed by atoms with E-state index >= 15 is 0 Å². The van der Waals surface area contributed by atoms with Crippen LogP contribution in [-0.2, 0) is 4.79 Å². The van der Waals surface area contributed by atoms with Gasteiger partial charge in [0.25, 0.3) is 5.22 Å². The van der Waals surface area contributed by atoms with Crippen LogP contribution >= 0.6 is 11.8 Å². The van der Waals surface area contributed by atoms with E-state index in [2.05, 4.69) is 25.5 Å². The van der Waals surface area contributed by atoms with Crippen molar-refractivity contribution < 1.29 is 9.21 Å². The molecule has 0 atom stereocenters. The van der Waals surface area contributed by atoms with Crippen molar-refractivity contribution >= 4 is 34.3 Å². The van der Waals surface area contributed by atoms with Gasteiger partial charge in [0, 0.05) is 29.0 Å². The number of aryl methyl sites for hydroxylation is 1. The fourth-order valence-corrected chi connectivity index (χ4v) is 3.17. The molecule has 0 saturated carbocycles. The number of fused-ring (bicyclic) bond motifs is 1. The summed E-state index contributed by atoms with van der Waals surface area (Å²) < 4.78 is 5.58. The minimum Gasteiger partial charge on any atom is -0.411 e. The second-order valence-corrected chi connectivity index (χ2v) is 6.70. The minimum atomic E-state index is -0.153. The number of amides is 1. The quantitative estimate of drug-likeness (QED) is 0.530. The summed E-state index contributed by atoms with van der Waals surface area (Å²) in [6, 6.07) is 13.1. The summed E-state index contributed by atoms with van der Waals surface area (Å²) in [7, 11) is 0. The Balaban J connectivity index is 1.43. The highest BCUT2D eigenvalue weighted by Gasteiger charge is 2.12. The Kier molecular flexibility index (Phi) is 4.80. The standard InChI is InChI=1S/C19H15N5O2S/c1-12-10-16(14-4-2-3-5-15(14)21-12)22-17(25)11-27-19-24-23-18(26-19)13-6-8-20-9-7-13/h2-10H,11H2,1H3,(H,21,22,25). The van der Waals surface area contributed by atoms with Crippen molar-refractivity contribution in [3.05, 3.63) is 60.6 Å². The SMILES string of the molecule is Cc1cc(NC(=O)CSc2nnc(-c3ccncc3)o2)c2ccccc2n1. The van der Waals surface area contributed by atoms with Gasteiger partial charge in [0.15, 0.2) is 0 Å². The highest BCUT2D eigenvalue weighted by Crippen LogP contribution is 2.25. The smallest absolute Gasteiger partial charge is 0.277 e. The molecule has 0 saturated heterocycles. The first-order valence-corrected chi connectivity index (χ1v) is 9.20. The molecule has 3 heterocycles. The molecule has 0 radical (unpaired) electrons. The Labute approximate surface area is 159 Å². The topological polar surface area (TPSA) is 93.8 Å². The third-order valence-electron chi connectivity index (χ3n) is 3.78. The molecule has 134 valence electrons. The fraction of sp³-hybridized carbons (Fsp3) is 0.105. The van der Waals surface area contributed by atoms with E-state index in [9.17, 15) is 4.79 Å². The molecule has 27 heavy (non-hydrogen) atoms. The molecule has 1 amide bonds. The summed E-state index contributed by atoms with van der Waals surface area (Å²) in [4.78, 5) is 20.8. The molecule has 0 spiro atoms. The van der Waals surface area contributed by atoms with Gasteiger partial charge in [0.1, 0.15) is 0 Å². The molecule has 8 heteroatoms. The first-order valence-electron chi connectivity index (χ1n) is 8.22. The molecule has 0 aliphatic carbocycles. The van der Waals surface area contributed by atoms with Crippen LogP contribution in [0.15, 0.2) is 64.5 Å². The molecule has 4 rings (SSSR count). The zero-order valence-corrected chi connectivity index (χ0v) is 15.2. The monoisotopic (exact) mass is 377 g/mol. The van der Waals surface area contributed by atoms with Crippen molar-refractivity contribution in [1.82, 2.24) is 20.2 Å². The summed E-state index contributed by atoms with van der Waals surface area (Å²) in [5, 5.41) is 12.1. The predicted molar refractivity (Wildman–Crippen MR) is 103 cm³/mol. The number of benzene rings is 1. The van der Waals surface area contributed by atoms with Crippen LogP contribution in [0.4, 0.5) is 5.69 Å². The van der Waals surface area contributed by atoms with Crippen LogP contribution in [0.25, 0.3) is 22.4 Å². The van der Waals surface area contributed by atoms with Crippen molar-refractivity contribution in [2.75, 3.05) is 11.1 Å². The number of carbonyl (C=O) groups is 1. The largest absolute Gasteiger partial charge is 0.411 e. The summed E-state index contributed by atoms with van der Waals surface area (Å²) in [6.07, 6.45) is 3.31. The van der Waals surface area contributed by atoms with Crippen molar-refractivity contribution in [1.29, 1.82) is 0 Å². The molecular formula is C19H15N5O2S. The Hall–Kier alpha value is -3.26. The van der Waals surface area contributed by atoms with E-state index in [4.69, 9.17) is 4.42 Å². The molecular weight excluding hydrogens is 362 g/mol. The molecule has 1 N–H and O–H groups in total. The van der Waals surface area contributed by atoms with Gasteiger partial charge >= 0.3 is 0 Å². The van der Waals surface area contributed by atoms with Crippen LogP contribution in [0.3, 0.4) is 0 Å². The van der Waals surface area contributed by atoms with Crippen molar-refractivity contribution in [3.8, 4) is 11.5 Å². The van der Waals surface area contributed by atoms with E-state index in [0.29, 0.717) is 11.1 Å². The van der Waals surface area contributed by atoms with Gasteiger partial charge < -0.3 is 9.73 Å². The number of anilines is 1. The van der Waals surface area contributed by atoms with Crippen LogP contribution in [0.2, 0.25) is 0 Å². The molecule has 0 bridgehead atoms. The zero-order valence-electron chi connectivity index (χ0n) is 14.4. The van der Waals surface area contributed by atoms with Gasteiger partial charge in [0.05, 0.1) is 17.0 Å². The number of nitrogens with one attached hydrogen (secondary N) is 1. The van der Waals surface area contributed by atoms with E-state index in [0.717, 1.165) is 27.8 Å². The molecule has 4 aromatic rings. The van der Waals surface area contributed by atoms with Crippen LogP contribution in [0.5, 0.6) is 0 Å². The summed E-state index contributed by atoms with van der Waals surface area (Å²) in [6.45, 7) is 1.90. The van der Waals surface area contributed by atoms with E-state index in [1.54, 1.807) is 24.5 Å². The number of hydrogen-bond acceptors (Lipinski definition) is 7. The molecule has 0 unspecified atom stereocenters. The van der Waals surface area contributed by atoms with Gasteiger partial charge in [-0.3, -0.25) is 14.8 Å². The van der Waals surface area contributed by atoms with Gasteiger partial charge in [-0.15, -0.1) is 10.2 Å². The maximum absolute atomic E-state index is 12.4. The maximum Gasteiger partial charge on any atom is 0.277 e. The predicted octanol–water partition coefficient (Wildman–Crippen LogP) is 3.72. The van der Waals surface area contributed by atoms with Gasteiger partial charge in [-0.1, -0.05) is 30.0 Å². The lowest BCUT2D eigenvalue weighted by molar-refractivity contribution is -0.113. The van der Waals surface area contributed by atoms with Gasteiger partial charge in [0.2, 0.25) is 11.8 Å². The van der Waals surface area contributed by atoms with E-state index in [1.807, 2.05) is 37.3 Å². The first-order chi connectivity index (χ1) is 13.2. The van der Waals surface area contributed by atoms with Gasteiger partial charge in [-0.2, -0.15) is 0 Å². The molecule has 1 aromatic carbocycles.